The Balaban J connectivity index is 3.35. The van der Waals surface area contributed by atoms with Crippen molar-refractivity contribution in [3.63, 3.8) is 0 Å². The van der Waals surface area contributed by atoms with Crippen molar-refractivity contribution in [3.05, 3.63) is 11.6 Å². The van der Waals surface area contributed by atoms with Gasteiger partial charge in [0.2, 0.25) is 0 Å². The van der Waals surface area contributed by atoms with Crippen molar-refractivity contribution in [2.45, 2.75) is 13.3 Å². The minimum atomic E-state index is -2.45. The second-order valence-corrected chi connectivity index (χ2v) is 2.97. The van der Waals surface area contributed by atoms with Crippen LogP contribution in [0.1, 0.15) is 6.92 Å². The largest absolute Gasteiger partial charge is 0.478 e. The molecule has 0 unspecified atom stereocenters. The summed E-state index contributed by atoms with van der Waals surface area (Å²) in [5.41, 5.74) is 0.663. The lowest BCUT2D eigenvalue weighted by molar-refractivity contribution is -0.131. The maximum atomic E-state index is 11.6. The average molecular weight is 223 g/mol. The smallest absolute Gasteiger partial charge is 0.328 e. The molecule has 0 heterocycles. The van der Waals surface area contributed by atoms with E-state index in [1.807, 2.05) is 0 Å². The molecule has 0 spiro atoms. The lowest BCUT2D eigenvalue weighted by Crippen LogP contribution is -2.22. The van der Waals surface area contributed by atoms with Crippen molar-refractivity contribution < 1.29 is 23.4 Å². The van der Waals surface area contributed by atoms with E-state index in [0.717, 1.165) is 6.08 Å². The molecule has 0 rings (SSSR count). The van der Waals surface area contributed by atoms with Crippen LogP contribution in [0.5, 0.6) is 0 Å². The first-order chi connectivity index (χ1) is 7.02. The van der Waals surface area contributed by atoms with Gasteiger partial charge in [-0.05, 0) is 6.92 Å². The molecule has 0 aliphatic carbocycles. The third-order valence-corrected chi connectivity index (χ3v) is 1.44. The van der Waals surface area contributed by atoms with Crippen LogP contribution in [0.15, 0.2) is 11.6 Å². The fraction of sp³-hybridized carbons (Fsp3) is 0.667. The predicted octanol–water partition coefficient (Wildman–Crippen LogP) is 0.889. The summed E-state index contributed by atoms with van der Waals surface area (Å²) in [6.45, 7) is 2.11. The van der Waals surface area contributed by atoms with Gasteiger partial charge in [0.05, 0.1) is 6.61 Å². The number of rotatable bonds is 8. The molecule has 4 nitrogen and oxygen atoms in total. The van der Waals surface area contributed by atoms with Crippen LogP contribution in [-0.2, 0) is 9.53 Å². The average Bonchev–Trinajstić information content (AvgIpc) is 2.09. The molecule has 0 saturated heterocycles. The van der Waals surface area contributed by atoms with Gasteiger partial charge in [0.25, 0.3) is 6.43 Å². The van der Waals surface area contributed by atoms with Gasteiger partial charge in [0, 0.05) is 19.2 Å². The van der Waals surface area contributed by atoms with Gasteiger partial charge in [-0.15, -0.1) is 0 Å². The molecular formula is C9H15F2NO3. The number of aliphatic carboxylic acids is 1. The van der Waals surface area contributed by atoms with E-state index >= 15 is 0 Å². The summed E-state index contributed by atoms with van der Waals surface area (Å²) < 4.78 is 27.8. The van der Waals surface area contributed by atoms with E-state index in [-0.39, 0.29) is 6.61 Å². The van der Waals surface area contributed by atoms with Crippen LogP contribution in [-0.4, -0.2) is 43.8 Å². The third-order valence-electron chi connectivity index (χ3n) is 1.44. The maximum absolute atomic E-state index is 11.6. The van der Waals surface area contributed by atoms with Gasteiger partial charge in [0.1, 0.15) is 6.61 Å². The van der Waals surface area contributed by atoms with Crippen molar-refractivity contribution in [1.29, 1.82) is 0 Å². The Hall–Kier alpha value is -1.01. The number of ether oxygens (including phenoxy) is 1. The highest BCUT2D eigenvalue weighted by molar-refractivity contribution is 5.80. The number of alkyl halides is 2. The Morgan fingerprint density at radius 1 is 1.60 bits per heavy atom. The molecule has 0 aromatic rings. The van der Waals surface area contributed by atoms with Crippen LogP contribution in [0.4, 0.5) is 8.78 Å². The van der Waals surface area contributed by atoms with Crippen LogP contribution >= 0.6 is 0 Å². The molecule has 0 aliphatic heterocycles. The Kier molecular flexibility index (Phi) is 7.75. The van der Waals surface area contributed by atoms with E-state index in [1.165, 1.54) is 0 Å². The number of carboxylic acids is 1. The Morgan fingerprint density at radius 3 is 2.80 bits per heavy atom. The van der Waals surface area contributed by atoms with Crippen molar-refractivity contribution >= 4 is 5.97 Å². The van der Waals surface area contributed by atoms with Crippen molar-refractivity contribution in [3.8, 4) is 0 Å². The van der Waals surface area contributed by atoms with E-state index in [9.17, 15) is 13.6 Å². The fourth-order valence-electron chi connectivity index (χ4n) is 0.864. The van der Waals surface area contributed by atoms with Crippen molar-refractivity contribution in [2.24, 2.45) is 0 Å². The van der Waals surface area contributed by atoms with E-state index in [2.05, 4.69) is 10.1 Å². The molecule has 0 amide bonds. The summed E-state index contributed by atoms with van der Waals surface area (Å²) in [5, 5.41) is 11.2. The quantitative estimate of drug-likeness (QED) is 0.474. The molecule has 2 N–H and O–H groups in total. The molecular weight excluding hydrogens is 208 g/mol. The van der Waals surface area contributed by atoms with E-state index < -0.39 is 19.0 Å². The topological polar surface area (TPSA) is 58.6 Å². The first-order valence-electron chi connectivity index (χ1n) is 4.49. The lowest BCUT2D eigenvalue weighted by atomic mass is 10.3. The van der Waals surface area contributed by atoms with Crippen LogP contribution < -0.4 is 5.32 Å². The molecule has 6 heteroatoms. The summed E-state index contributed by atoms with van der Waals surface area (Å²) in [6.07, 6.45) is -1.36. The maximum Gasteiger partial charge on any atom is 0.328 e. The van der Waals surface area contributed by atoms with Gasteiger partial charge in [0.15, 0.2) is 0 Å². The van der Waals surface area contributed by atoms with Gasteiger partial charge >= 0.3 is 5.97 Å². The number of hydrogen-bond acceptors (Lipinski definition) is 3. The van der Waals surface area contributed by atoms with Gasteiger partial charge in [-0.25, -0.2) is 13.6 Å². The number of nitrogens with one attached hydrogen (secondary N) is 1. The number of carboxylic acid groups (broad SMARTS) is 1. The summed E-state index contributed by atoms with van der Waals surface area (Å²) in [5.74, 6) is -0.997. The molecule has 0 fully saturated rings. The molecule has 0 saturated carbocycles. The predicted molar refractivity (Wildman–Crippen MR) is 51.1 cm³/mol. The van der Waals surface area contributed by atoms with Gasteiger partial charge < -0.3 is 15.2 Å². The second-order valence-electron chi connectivity index (χ2n) is 2.97. The highest BCUT2D eigenvalue weighted by atomic mass is 19.3. The second kappa shape index (κ2) is 8.31. The normalized spacial score (nSPS) is 12.1. The summed E-state index contributed by atoms with van der Waals surface area (Å²) >= 11 is 0. The summed E-state index contributed by atoms with van der Waals surface area (Å²) in [7, 11) is 0. The SMILES string of the molecule is CC(=CC(=O)O)CNCCOCC(F)F. The minimum absolute atomic E-state index is 0.185. The Bertz CT molecular complexity index is 219. The minimum Gasteiger partial charge on any atom is -0.478 e. The molecule has 15 heavy (non-hydrogen) atoms. The Labute approximate surface area is 86.9 Å². The molecule has 0 aromatic carbocycles. The molecule has 0 radical (unpaired) electrons. The van der Waals surface area contributed by atoms with Crippen molar-refractivity contribution in [2.75, 3.05) is 26.3 Å². The van der Waals surface area contributed by atoms with Gasteiger partial charge in [-0.3, -0.25) is 0 Å². The summed E-state index contributed by atoms with van der Waals surface area (Å²) in [6, 6.07) is 0. The molecule has 0 atom stereocenters. The zero-order valence-corrected chi connectivity index (χ0v) is 8.50. The van der Waals surface area contributed by atoms with Gasteiger partial charge in [-0.1, -0.05) is 5.57 Å². The molecule has 88 valence electrons. The number of hydrogen-bond donors (Lipinski definition) is 2. The molecule has 0 bridgehead atoms. The van der Waals surface area contributed by atoms with Crippen LogP contribution in [0.3, 0.4) is 0 Å². The van der Waals surface area contributed by atoms with E-state index in [1.54, 1.807) is 6.92 Å². The zero-order chi connectivity index (χ0) is 11.7. The monoisotopic (exact) mass is 223 g/mol. The molecule has 0 aromatic heterocycles. The Morgan fingerprint density at radius 2 is 2.27 bits per heavy atom. The first kappa shape index (κ1) is 14.0. The van der Waals surface area contributed by atoms with Gasteiger partial charge in [-0.2, -0.15) is 0 Å². The first-order valence-corrected chi connectivity index (χ1v) is 4.49. The van der Waals surface area contributed by atoms with Crippen molar-refractivity contribution in [1.82, 2.24) is 5.32 Å². The van der Waals surface area contributed by atoms with E-state index in [4.69, 9.17) is 5.11 Å². The molecule has 0 aliphatic rings. The van der Waals surface area contributed by atoms with Crippen LogP contribution in [0.25, 0.3) is 0 Å². The van der Waals surface area contributed by atoms with E-state index in [0.29, 0.717) is 18.7 Å². The van der Waals surface area contributed by atoms with Crippen LogP contribution in [0, 0.1) is 0 Å². The fourth-order valence-corrected chi connectivity index (χ4v) is 0.864. The zero-order valence-electron chi connectivity index (χ0n) is 8.50. The van der Waals surface area contributed by atoms with Crippen LogP contribution in [0.2, 0.25) is 0 Å². The highest BCUT2D eigenvalue weighted by Crippen LogP contribution is 1.92. The lowest BCUT2D eigenvalue weighted by Gasteiger charge is -2.05. The number of halogens is 2. The summed E-state index contributed by atoms with van der Waals surface area (Å²) in [4.78, 5) is 10.2. The standard InChI is InChI=1S/C9H15F2NO3/c1-7(4-9(13)14)5-12-2-3-15-6-8(10)11/h4,8,12H,2-3,5-6H2,1H3,(H,13,14). The third kappa shape index (κ3) is 10.9. The number of carbonyl (C=O) groups is 1. The highest BCUT2D eigenvalue weighted by Gasteiger charge is 2.00.